The van der Waals surface area contributed by atoms with Gasteiger partial charge in [0.25, 0.3) is 5.56 Å². The number of aryl methyl sites for hydroxylation is 2. The van der Waals surface area contributed by atoms with Gasteiger partial charge in [0.15, 0.2) is 5.16 Å². The minimum absolute atomic E-state index is 0.00642. The minimum atomic E-state index is -0.0132. The highest BCUT2D eigenvalue weighted by atomic mass is 32.2. The number of thiophene rings is 1. The van der Waals surface area contributed by atoms with Crippen LogP contribution in [0.3, 0.4) is 0 Å². The van der Waals surface area contributed by atoms with Gasteiger partial charge in [0.2, 0.25) is 5.91 Å². The van der Waals surface area contributed by atoms with Crippen LogP contribution in [0.5, 0.6) is 0 Å². The van der Waals surface area contributed by atoms with Crippen molar-refractivity contribution in [2.45, 2.75) is 49.7 Å². The van der Waals surface area contributed by atoms with Gasteiger partial charge in [0.1, 0.15) is 4.83 Å². The molecule has 7 heteroatoms. The first-order valence-corrected chi connectivity index (χ1v) is 11.6. The maximum atomic E-state index is 13.5. The van der Waals surface area contributed by atoms with Gasteiger partial charge in [0, 0.05) is 10.9 Å². The Bertz CT molecular complexity index is 1100. The summed E-state index contributed by atoms with van der Waals surface area (Å²) in [5, 5.41) is 4.37. The molecule has 2 heterocycles. The number of fused-ring (bicyclic) bond motifs is 3. The predicted molar refractivity (Wildman–Crippen MR) is 114 cm³/mol. The highest BCUT2D eigenvalue weighted by Crippen LogP contribution is 2.35. The van der Waals surface area contributed by atoms with Gasteiger partial charge in [-0.05, 0) is 56.2 Å². The van der Waals surface area contributed by atoms with Crippen LogP contribution in [0.4, 0.5) is 0 Å². The topological polar surface area (TPSA) is 64.0 Å². The van der Waals surface area contributed by atoms with E-state index in [1.165, 1.54) is 28.6 Å². The summed E-state index contributed by atoms with van der Waals surface area (Å²) in [6.45, 7) is 0. The van der Waals surface area contributed by atoms with Crippen LogP contribution in [0, 0.1) is 0 Å². The van der Waals surface area contributed by atoms with Crippen molar-refractivity contribution >= 4 is 39.2 Å². The van der Waals surface area contributed by atoms with E-state index >= 15 is 0 Å². The number of benzene rings is 1. The Morgan fingerprint density at radius 1 is 1.21 bits per heavy atom. The standard InChI is InChI=1S/C21H21N3O2S2/c25-17(22-13-10-11-13)12-27-21-23-19-18(15-8-4-5-9-16(15)28-19)20(26)24(21)14-6-2-1-3-7-14/h1-3,6-7,13H,4-5,8-12H2,(H,22,25). The second-order valence-electron chi connectivity index (χ2n) is 7.39. The maximum Gasteiger partial charge on any atom is 0.267 e. The van der Waals surface area contributed by atoms with Gasteiger partial charge < -0.3 is 5.32 Å². The molecule has 0 aliphatic heterocycles. The molecule has 144 valence electrons. The lowest BCUT2D eigenvalue weighted by atomic mass is 9.97. The van der Waals surface area contributed by atoms with Crippen molar-refractivity contribution in [3.63, 3.8) is 0 Å². The van der Waals surface area contributed by atoms with Gasteiger partial charge in [-0.15, -0.1) is 11.3 Å². The molecule has 5 rings (SSSR count). The quantitative estimate of drug-likeness (QED) is 0.514. The smallest absolute Gasteiger partial charge is 0.267 e. The summed E-state index contributed by atoms with van der Waals surface area (Å²) in [7, 11) is 0. The third-order valence-corrected chi connectivity index (χ3v) is 7.37. The number of hydrogen-bond acceptors (Lipinski definition) is 5. The second kappa shape index (κ2) is 7.37. The van der Waals surface area contributed by atoms with Crippen LogP contribution in [-0.4, -0.2) is 27.3 Å². The average molecular weight is 412 g/mol. The SMILES string of the molecule is O=C(CSc1nc2sc3c(c2c(=O)n1-c1ccccc1)CCCC3)NC1CC1. The van der Waals surface area contributed by atoms with Crippen LogP contribution >= 0.6 is 23.1 Å². The fourth-order valence-electron chi connectivity index (χ4n) is 3.72. The average Bonchev–Trinajstić information content (AvgIpc) is 3.44. The molecule has 1 N–H and O–H groups in total. The van der Waals surface area contributed by atoms with Crippen LogP contribution < -0.4 is 10.9 Å². The number of nitrogens with zero attached hydrogens (tertiary/aromatic N) is 2. The van der Waals surface area contributed by atoms with E-state index in [2.05, 4.69) is 5.32 Å². The molecular formula is C21H21N3O2S2. The molecule has 1 aromatic carbocycles. The van der Waals surface area contributed by atoms with E-state index < -0.39 is 0 Å². The minimum Gasteiger partial charge on any atom is -0.353 e. The molecule has 2 aliphatic carbocycles. The number of hydrogen-bond donors (Lipinski definition) is 1. The molecule has 1 amide bonds. The maximum absolute atomic E-state index is 13.5. The summed E-state index contributed by atoms with van der Waals surface area (Å²) in [5.74, 6) is 0.277. The zero-order valence-electron chi connectivity index (χ0n) is 15.4. The Balaban J connectivity index is 1.60. The first-order chi connectivity index (χ1) is 13.7. The molecule has 2 aromatic heterocycles. The van der Waals surface area contributed by atoms with Crippen LogP contribution in [0.15, 0.2) is 40.3 Å². The highest BCUT2D eigenvalue weighted by Gasteiger charge is 2.25. The van der Waals surface area contributed by atoms with E-state index in [1.807, 2.05) is 30.3 Å². The van der Waals surface area contributed by atoms with Crippen molar-refractivity contribution < 1.29 is 4.79 Å². The molecule has 0 saturated heterocycles. The van der Waals surface area contributed by atoms with Crippen LogP contribution in [0.2, 0.25) is 0 Å². The number of carbonyl (C=O) groups excluding carboxylic acids is 1. The Hall–Kier alpha value is -2.12. The molecule has 1 fully saturated rings. The van der Waals surface area contributed by atoms with Crippen LogP contribution in [0.25, 0.3) is 15.9 Å². The summed E-state index contributed by atoms with van der Waals surface area (Å²) in [6, 6.07) is 9.95. The summed E-state index contributed by atoms with van der Waals surface area (Å²) in [5.41, 5.74) is 1.97. The molecular weight excluding hydrogens is 390 g/mol. The Labute approximate surface area is 171 Å². The molecule has 5 nitrogen and oxygen atoms in total. The van der Waals surface area contributed by atoms with Crippen LogP contribution in [-0.2, 0) is 17.6 Å². The Kier molecular flexibility index (Phi) is 4.72. The van der Waals surface area contributed by atoms with E-state index in [0.29, 0.717) is 11.2 Å². The van der Waals surface area contributed by atoms with E-state index in [4.69, 9.17) is 4.98 Å². The third kappa shape index (κ3) is 3.37. The second-order valence-corrected chi connectivity index (χ2v) is 9.42. The van der Waals surface area contributed by atoms with Crippen molar-refractivity contribution in [3.8, 4) is 5.69 Å². The number of aromatic nitrogens is 2. The number of amides is 1. The fraction of sp³-hybridized carbons (Fsp3) is 0.381. The van der Waals surface area contributed by atoms with Crippen molar-refractivity contribution in [2.75, 3.05) is 5.75 Å². The molecule has 1 saturated carbocycles. The normalized spacial score (nSPS) is 16.1. The van der Waals surface area contributed by atoms with Gasteiger partial charge in [-0.25, -0.2) is 4.98 Å². The van der Waals surface area contributed by atoms with E-state index in [9.17, 15) is 9.59 Å². The third-order valence-electron chi connectivity index (χ3n) is 5.25. The summed E-state index contributed by atoms with van der Waals surface area (Å²) in [4.78, 5) is 32.7. The zero-order valence-corrected chi connectivity index (χ0v) is 17.1. The molecule has 0 atom stereocenters. The Morgan fingerprint density at radius 2 is 2.00 bits per heavy atom. The fourth-order valence-corrected chi connectivity index (χ4v) is 5.84. The van der Waals surface area contributed by atoms with Crippen molar-refractivity contribution in [2.24, 2.45) is 0 Å². The molecule has 0 bridgehead atoms. The summed E-state index contributed by atoms with van der Waals surface area (Å²) in [6.07, 6.45) is 6.42. The number of para-hydroxylation sites is 1. The largest absolute Gasteiger partial charge is 0.353 e. The summed E-state index contributed by atoms with van der Waals surface area (Å²) < 4.78 is 1.68. The van der Waals surface area contributed by atoms with E-state index in [-0.39, 0.29) is 17.2 Å². The number of nitrogens with one attached hydrogen (secondary N) is 1. The highest BCUT2D eigenvalue weighted by molar-refractivity contribution is 7.99. The lowest BCUT2D eigenvalue weighted by Gasteiger charge is -2.13. The number of carbonyl (C=O) groups is 1. The van der Waals surface area contributed by atoms with Gasteiger partial charge in [-0.2, -0.15) is 0 Å². The monoisotopic (exact) mass is 411 g/mol. The van der Waals surface area contributed by atoms with Gasteiger partial charge >= 0.3 is 0 Å². The van der Waals surface area contributed by atoms with Crippen molar-refractivity contribution in [1.29, 1.82) is 0 Å². The van der Waals surface area contributed by atoms with E-state index in [0.717, 1.165) is 48.0 Å². The first-order valence-electron chi connectivity index (χ1n) is 9.75. The lowest BCUT2D eigenvalue weighted by Crippen LogP contribution is -2.28. The molecule has 0 spiro atoms. The van der Waals surface area contributed by atoms with Crippen LogP contribution in [0.1, 0.15) is 36.1 Å². The van der Waals surface area contributed by atoms with Crippen molar-refractivity contribution in [1.82, 2.24) is 14.9 Å². The Morgan fingerprint density at radius 3 is 2.79 bits per heavy atom. The first kappa shape index (κ1) is 17.9. The van der Waals surface area contributed by atoms with Gasteiger partial charge in [-0.1, -0.05) is 30.0 Å². The molecule has 3 aromatic rings. The molecule has 28 heavy (non-hydrogen) atoms. The van der Waals surface area contributed by atoms with Gasteiger partial charge in [-0.3, -0.25) is 14.2 Å². The predicted octanol–water partition coefficient (Wildman–Crippen LogP) is 3.70. The number of rotatable bonds is 5. The zero-order chi connectivity index (χ0) is 19.1. The molecule has 2 aliphatic rings. The van der Waals surface area contributed by atoms with E-state index in [1.54, 1.807) is 15.9 Å². The molecule has 0 radical (unpaired) electrons. The number of thioether (sulfide) groups is 1. The lowest BCUT2D eigenvalue weighted by molar-refractivity contribution is -0.118. The molecule has 0 unspecified atom stereocenters. The summed E-state index contributed by atoms with van der Waals surface area (Å²) >= 11 is 2.99. The van der Waals surface area contributed by atoms with Crippen molar-refractivity contribution in [3.05, 3.63) is 51.1 Å². The van der Waals surface area contributed by atoms with Gasteiger partial charge in [0.05, 0.1) is 16.8 Å².